The third-order valence-electron chi connectivity index (χ3n) is 2.37. The Morgan fingerprint density at radius 2 is 2.28 bits per heavy atom. The molecule has 0 amide bonds. The van der Waals surface area contributed by atoms with E-state index in [1.807, 2.05) is 6.07 Å². The van der Waals surface area contributed by atoms with Crippen molar-refractivity contribution in [3.05, 3.63) is 39.2 Å². The maximum absolute atomic E-state index is 9.31. The van der Waals surface area contributed by atoms with E-state index in [2.05, 4.69) is 26.0 Å². The van der Waals surface area contributed by atoms with Gasteiger partial charge < -0.3 is 9.84 Å². The van der Waals surface area contributed by atoms with Crippen LogP contribution < -0.4 is 0 Å². The molecule has 0 aliphatic carbocycles. The van der Waals surface area contributed by atoms with Crippen LogP contribution in [0.15, 0.2) is 22.8 Å². The van der Waals surface area contributed by atoms with Crippen LogP contribution >= 0.6 is 27.5 Å². The van der Waals surface area contributed by atoms with Crippen molar-refractivity contribution in [2.24, 2.45) is 0 Å². The molecular weight excluding hydrogens is 321 g/mol. The normalized spacial score (nSPS) is 10.9. The Bertz CT molecular complexity index is 542. The van der Waals surface area contributed by atoms with E-state index in [0.717, 1.165) is 4.47 Å². The van der Waals surface area contributed by atoms with E-state index in [-0.39, 0.29) is 6.61 Å². The first-order chi connectivity index (χ1) is 8.67. The first-order valence-electron chi connectivity index (χ1n) is 5.15. The number of halogens is 2. The van der Waals surface area contributed by atoms with Crippen molar-refractivity contribution in [2.45, 2.75) is 13.2 Å². The molecule has 5 nitrogen and oxygen atoms in total. The number of rotatable bonds is 4. The second-order valence-electron chi connectivity index (χ2n) is 3.55. The van der Waals surface area contributed by atoms with Crippen LogP contribution in [0.5, 0.6) is 0 Å². The summed E-state index contributed by atoms with van der Waals surface area (Å²) < 4.78 is 7.37. The third-order valence-corrected chi connectivity index (χ3v) is 3.23. The molecule has 0 aliphatic heterocycles. The number of ether oxygens (including phenoxy) is 1. The molecule has 0 radical (unpaired) electrons. The molecule has 2 heterocycles. The van der Waals surface area contributed by atoms with Crippen molar-refractivity contribution < 1.29 is 9.84 Å². The summed E-state index contributed by atoms with van der Waals surface area (Å²) in [4.78, 5) is 4.20. The van der Waals surface area contributed by atoms with E-state index >= 15 is 0 Å². The Kier molecular flexibility index (Phi) is 4.34. The second-order valence-corrected chi connectivity index (χ2v) is 4.83. The molecule has 2 aromatic rings. The van der Waals surface area contributed by atoms with E-state index < -0.39 is 0 Å². The van der Waals surface area contributed by atoms with E-state index in [9.17, 15) is 5.11 Å². The summed E-state index contributed by atoms with van der Waals surface area (Å²) in [5.74, 6) is 0.584. The topological polar surface area (TPSA) is 60.2 Å². The van der Waals surface area contributed by atoms with Gasteiger partial charge in [0.2, 0.25) is 0 Å². The van der Waals surface area contributed by atoms with Gasteiger partial charge in [-0.2, -0.15) is 5.10 Å². The molecule has 0 saturated carbocycles. The zero-order valence-electron chi connectivity index (χ0n) is 9.60. The summed E-state index contributed by atoms with van der Waals surface area (Å²) in [6.45, 7) is 0.104. The Balaban J connectivity index is 2.47. The molecule has 2 aromatic heterocycles. The highest BCUT2D eigenvalue weighted by molar-refractivity contribution is 9.10. The van der Waals surface area contributed by atoms with Gasteiger partial charge >= 0.3 is 0 Å². The van der Waals surface area contributed by atoms with Crippen molar-refractivity contribution in [1.82, 2.24) is 14.8 Å². The number of pyridine rings is 1. The number of hydrogen-bond acceptors (Lipinski definition) is 4. The zero-order chi connectivity index (χ0) is 13.1. The van der Waals surface area contributed by atoms with Crippen LogP contribution in [-0.4, -0.2) is 27.0 Å². The molecule has 96 valence electrons. The van der Waals surface area contributed by atoms with Crippen LogP contribution in [-0.2, 0) is 18.0 Å². The smallest absolute Gasteiger partial charge is 0.155 e. The quantitative estimate of drug-likeness (QED) is 0.933. The molecule has 0 saturated heterocycles. The predicted molar refractivity (Wildman–Crippen MR) is 70.7 cm³/mol. The molecule has 1 N–H and O–H groups in total. The fourth-order valence-corrected chi connectivity index (χ4v) is 2.05. The van der Waals surface area contributed by atoms with Gasteiger partial charge in [0.05, 0.1) is 18.9 Å². The first kappa shape index (κ1) is 13.5. The highest BCUT2D eigenvalue weighted by Gasteiger charge is 2.17. The first-order valence-corrected chi connectivity index (χ1v) is 6.32. The highest BCUT2D eigenvalue weighted by atomic mass is 79.9. The van der Waals surface area contributed by atoms with Crippen molar-refractivity contribution in [3.8, 4) is 5.82 Å². The van der Waals surface area contributed by atoms with Crippen molar-refractivity contribution in [3.63, 3.8) is 0 Å². The number of aliphatic hydroxyl groups excluding tert-OH is 1. The van der Waals surface area contributed by atoms with Gasteiger partial charge in [0.1, 0.15) is 5.15 Å². The summed E-state index contributed by atoms with van der Waals surface area (Å²) in [5, 5.41) is 13.9. The van der Waals surface area contributed by atoms with Crippen LogP contribution in [0.2, 0.25) is 5.15 Å². The molecule has 0 atom stereocenters. The van der Waals surface area contributed by atoms with Gasteiger partial charge in [-0.3, -0.25) is 0 Å². The fraction of sp³-hybridized carbons (Fsp3) is 0.273. The molecule has 0 fully saturated rings. The Hall–Kier alpha value is -0.950. The molecule has 0 bridgehead atoms. The number of hydrogen-bond donors (Lipinski definition) is 1. The Morgan fingerprint density at radius 3 is 2.83 bits per heavy atom. The lowest BCUT2D eigenvalue weighted by Gasteiger charge is -2.01. The molecule has 7 heteroatoms. The molecule has 0 spiro atoms. The minimum absolute atomic E-state index is 0.186. The average Bonchev–Trinajstić information content (AvgIpc) is 2.67. The number of aromatic nitrogens is 3. The van der Waals surface area contributed by atoms with E-state index in [1.54, 1.807) is 19.4 Å². The summed E-state index contributed by atoms with van der Waals surface area (Å²) in [7, 11) is 1.56. The lowest BCUT2D eigenvalue weighted by Crippen LogP contribution is -2.00. The van der Waals surface area contributed by atoms with Gasteiger partial charge in [-0.25, -0.2) is 9.67 Å². The van der Waals surface area contributed by atoms with Crippen LogP contribution in [0.1, 0.15) is 11.3 Å². The van der Waals surface area contributed by atoms with Crippen LogP contribution in [0.25, 0.3) is 5.82 Å². The maximum Gasteiger partial charge on any atom is 0.155 e. The molecular formula is C11H11BrClN3O2. The van der Waals surface area contributed by atoms with Crippen molar-refractivity contribution in [1.29, 1.82) is 0 Å². The summed E-state index contributed by atoms with van der Waals surface area (Å²) in [6.07, 6.45) is 1.65. The largest absolute Gasteiger partial charge is 0.391 e. The SMILES string of the molecule is COCc1nn(-c2ccc(Br)cn2)c(Cl)c1CO. The number of aliphatic hydroxyl groups is 1. The predicted octanol–water partition coefficient (Wildman–Crippen LogP) is 2.32. The molecule has 18 heavy (non-hydrogen) atoms. The molecule has 0 aliphatic rings. The van der Waals surface area contributed by atoms with E-state index in [4.69, 9.17) is 16.3 Å². The monoisotopic (exact) mass is 331 g/mol. The summed E-state index contributed by atoms with van der Waals surface area (Å²) in [5.41, 5.74) is 1.16. The minimum atomic E-state index is -0.186. The van der Waals surface area contributed by atoms with E-state index in [1.165, 1.54) is 4.68 Å². The molecule has 2 rings (SSSR count). The maximum atomic E-state index is 9.31. The summed E-state index contributed by atoms with van der Waals surface area (Å²) in [6, 6.07) is 3.62. The van der Waals surface area contributed by atoms with Crippen LogP contribution in [0.4, 0.5) is 0 Å². The standard InChI is InChI=1S/C11H11BrClN3O2/c1-18-6-9-8(5-17)11(13)16(15-9)10-3-2-7(12)4-14-10/h2-4,17H,5-6H2,1H3. The second kappa shape index (κ2) is 5.79. The van der Waals surface area contributed by atoms with Crippen molar-refractivity contribution in [2.75, 3.05) is 7.11 Å². The molecule has 0 aromatic carbocycles. The average molecular weight is 333 g/mol. The minimum Gasteiger partial charge on any atom is -0.391 e. The van der Waals surface area contributed by atoms with Crippen molar-refractivity contribution >= 4 is 27.5 Å². The van der Waals surface area contributed by atoms with Gasteiger partial charge in [0.15, 0.2) is 5.82 Å². The number of nitrogens with zero attached hydrogens (tertiary/aromatic N) is 3. The van der Waals surface area contributed by atoms with E-state index in [0.29, 0.717) is 28.8 Å². The van der Waals surface area contributed by atoms with Gasteiger partial charge in [0.25, 0.3) is 0 Å². The highest BCUT2D eigenvalue weighted by Crippen LogP contribution is 2.24. The summed E-state index contributed by atoms with van der Waals surface area (Å²) >= 11 is 9.48. The Morgan fingerprint density at radius 1 is 1.50 bits per heavy atom. The lowest BCUT2D eigenvalue weighted by molar-refractivity contribution is 0.178. The number of methoxy groups -OCH3 is 1. The molecule has 0 unspecified atom stereocenters. The van der Waals surface area contributed by atoms with Crippen LogP contribution in [0.3, 0.4) is 0 Å². The Labute approximate surface area is 117 Å². The van der Waals surface area contributed by atoms with Gasteiger partial charge in [-0.1, -0.05) is 11.6 Å². The third kappa shape index (κ3) is 2.56. The van der Waals surface area contributed by atoms with Gasteiger partial charge in [0, 0.05) is 23.3 Å². The lowest BCUT2D eigenvalue weighted by atomic mass is 10.3. The van der Waals surface area contributed by atoms with Crippen LogP contribution in [0, 0.1) is 0 Å². The van der Waals surface area contributed by atoms with Gasteiger partial charge in [-0.15, -0.1) is 0 Å². The zero-order valence-corrected chi connectivity index (χ0v) is 11.9. The van der Waals surface area contributed by atoms with Gasteiger partial charge in [-0.05, 0) is 28.1 Å². The fourth-order valence-electron chi connectivity index (χ4n) is 1.53.